The number of aliphatic imine (C=N–C) groups is 1. The highest BCUT2D eigenvalue weighted by molar-refractivity contribution is 5.59. The zero-order chi connectivity index (χ0) is 11.3. The minimum Gasteiger partial charge on any atom is -0.483 e. The maximum atomic E-state index is 5.11. The molecule has 82 valence electrons. The van der Waals surface area contributed by atoms with E-state index in [2.05, 4.69) is 31.8 Å². The van der Waals surface area contributed by atoms with E-state index in [1.165, 1.54) is 12.0 Å². The number of benzene rings is 1. The van der Waals surface area contributed by atoms with Gasteiger partial charge in [0.1, 0.15) is 0 Å². The van der Waals surface area contributed by atoms with E-state index in [1.807, 2.05) is 25.1 Å². The van der Waals surface area contributed by atoms with Crippen molar-refractivity contribution in [3.63, 3.8) is 0 Å². The highest BCUT2D eigenvalue weighted by Gasteiger charge is 2.16. The summed E-state index contributed by atoms with van der Waals surface area (Å²) in [7, 11) is 0. The van der Waals surface area contributed by atoms with Gasteiger partial charge in [-0.15, -0.1) is 0 Å². The number of hydrogen-bond donors (Lipinski definition) is 0. The summed E-state index contributed by atoms with van der Waals surface area (Å²) in [5, 5.41) is 0. The van der Waals surface area contributed by atoms with Crippen LogP contribution in [0.15, 0.2) is 29.3 Å². The predicted molar refractivity (Wildman–Crippen MR) is 64.9 cm³/mol. The summed E-state index contributed by atoms with van der Waals surface area (Å²) in [6, 6.07) is 8.16. The lowest BCUT2D eigenvalue weighted by atomic mass is 9.86. The van der Waals surface area contributed by atoms with E-state index in [1.54, 1.807) is 0 Å². The molecular formula is C13H19NO. The van der Waals surface area contributed by atoms with Gasteiger partial charge >= 0.3 is 0 Å². The average molecular weight is 205 g/mol. The minimum absolute atomic E-state index is 0.111. The lowest BCUT2D eigenvalue weighted by Gasteiger charge is -2.20. The molecule has 0 atom stereocenters. The first kappa shape index (κ1) is 11.8. The molecule has 0 spiro atoms. The third-order valence-corrected chi connectivity index (χ3v) is 2.15. The molecule has 0 aliphatic carbocycles. The normalized spacial score (nSPS) is 12.0. The van der Waals surface area contributed by atoms with Gasteiger partial charge < -0.3 is 4.74 Å². The van der Waals surface area contributed by atoms with Crippen molar-refractivity contribution in [3.05, 3.63) is 29.8 Å². The van der Waals surface area contributed by atoms with Crippen LogP contribution in [0.1, 0.15) is 33.3 Å². The molecule has 0 amide bonds. The van der Waals surface area contributed by atoms with E-state index >= 15 is 0 Å². The van der Waals surface area contributed by atoms with Crippen LogP contribution < -0.4 is 0 Å². The molecule has 0 aliphatic heterocycles. The molecule has 0 fully saturated rings. The van der Waals surface area contributed by atoms with Crippen LogP contribution in [-0.2, 0) is 10.2 Å². The van der Waals surface area contributed by atoms with Crippen molar-refractivity contribution in [1.29, 1.82) is 0 Å². The Kier molecular flexibility index (Phi) is 3.89. The summed E-state index contributed by atoms with van der Waals surface area (Å²) in [5.74, 6) is 0. The van der Waals surface area contributed by atoms with Crippen LogP contribution in [0.4, 0.5) is 5.69 Å². The maximum Gasteiger partial charge on any atom is 0.174 e. The van der Waals surface area contributed by atoms with Crippen LogP contribution in [0.25, 0.3) is 0 Å². The van der Waals surface area contributed by atoms with Gasteiger partial charge in [-0.25, -0.2) is 4.99 Å². The third-order valence-electron chi connectivity index (χ3n) is 2.15. The molecular weight excluding hydrogens is 186 g/mol. The molecule has 1 aromatic rings. The lowest BCUT2D eigenvalue weighted by Crippen LogP contribution is -2.11. The summed E-state index contributed by atoms with van der Waals surface area (Å²) in [5.41, 5.74) is 2.33. The molecule has 0 radical (unpaired) electrons. The molecule has 0 N–H and O–H groups in total. The van der Waals surface area contributed by atoms with E-state index in [9.17, 15) is 0 Å². The molecule has 0 aliphatic rings. The van der Waals surface area contributed by atoms with Crippen molar-refractivity contribution < 1.29 is 4.74 Å². The second-order valence-corrected chi connectivity index (χ2v) is 4.46. The molecule has 0 heterocycles. The Balaban J connectivity index is 2.97. The highest BCUT2D eigenvalue weighted by Crippen LogP contribution is 2.30. The van der Waals surface area contributed by atoms with Gasteiger partial charge in [-0.05, 0) is 24.0 Å². The molecule has 0 saturated heterocycles. The quantitative estimate of drug-likeness (QED) is 0.545. The Morgan fingerprint density at radius 3 is 2.53 bits per heavy atom. The predicted octanol–water partition coefficient (Wildman–Crippen LogP) is 3.68. The topological polar surface area (TPSA) is 21.6 Å². The van der Waals surface area contributed by atoms with E-state index in [0.717, 1.165) is 5.69 Å². The van der Waals surface area contributed by atoms with Gasteiger partial charge in [0.15, 0.2) is 6.40 Å². The number of nitrogens with zero attached hydrogens (tertiary/aromatic N) is 1. The molecule has 2 nitrogen and oxygen atoms in total. The van der Waals surface area contributed by atoms with Crippen molar-refractivity contribution in [2.45, 2.75) is 33.1 Å². The van der Waals surface area contributed by atoms with Crippen LogP contribution in [0, 0.1) is 0 Å². The number of ether oxygens (including phenoxy) is 1. The molecule has 2 heteroatoms. The number of para-hydroxylation sites is 1. The van der Waals surface area contributed by atoms with Crippen LogP contribution in [0.3, 0.4) is 0 Å². The summed E-state index contributed by atoms with van der Waals surface area (Å²) < 4.78 is 5.11. The molecule has 0 bridgehead atoms. The molecule has 0 saturated carbocycles. The Hall–Kier alpha value is -1.31. The van der Waals surface area contributed by atoms with Crippen LogP contribution >= 0.6 is 0 Å². The van der Waals surface area contributed by atoms with Gasteiger partial charge in [0.2, 0.25) is 0 Å². The summed E-state index contributed by atoms with van der Waals surface area (Å²) in [4.78, 5) is 4.32. The molecule has 0 aromatic heterocycles. The molecule has 1 rings (SSSR count). The first-order valence-corrected chi connectivity index (χ1v) is 5.29. The Bertz CT molecular complexity index is 337. The van der Waals surface area contributed by atoms with Crippen molar-refractivity contribution in [3.8, 4) is 0 Å². The first-order chi connectivity index (χ1) is 7.05. The van der Waals surface area contributed by atoms with Gasteiger partial charge in [-0.3, -0.25) is 0 Å². The highest BCUT2D eigenvalue weighted by atomic mass is 16.5. The van der Waals surface area contributed by atoms with E-state index in [0.29, 0.717) is 6.61 Å². The van der Waals surface area contributed by atoms with Gasteiger partial charge in [-0.2, -0.15) is 0 Å². The monoisotopic (exact) mass is 205 g/mol. The fraction of sp³-hybridized carbons (Fsp3) is 0.462. The lowest BCUT2D eigenvalue weighted by molar-refractivity contribution is 0.344. The van der Waals surface area contributed by atoms with Crippen molar-refractivity contribution >= 4 is 12.1 Å². The fourth-order valence-electron chi connectivity index (χ4n) is 1.39. The summed E-state index contributed by atoms with van der Waals surface area (Å²) in [6.45, 7) is 9.15. The SMILES string of the molecule is CCO/C=N/c1ccccc1C(C)(C)C. The van der Waals surface area contributed by atoms with E-state index in [4.69, 9.17) is 4.74 Å². The van der Waals surface area contributed by atoms with E-state index in [-0.39, 0.29) is 5.41 Å². The smallest absolute Gasteiger partial charge is 0.174 e. The third kappa shape index (κ3) is 3.39. The number of hydrogen-bond acceptors (Lipinski definition) is 2. The first-order valence-electron chi connectivity index (χ1n) is 5.29. The van der Waals surface area contributed by atoms with Gasteiger partial charge in [0.05, 0.1) is 12.3 Å². The average Bonchev–Trinajstić information content (AvgIpc) is 2.17. The van der Waals surface area contributed by atoms with E-state index < -0.39 is 0 Å². The molecule has 15 heavy (non-hydrogen) atoms. The summed E-state index contributed by atoms with van der Waals surface area (Å²) >= 11 is 0. The molecule has 1 aromatic carbocycles. The van der Waals surface area contributed by atoms with Crippen LogP contribution in [-0.4, -0.2) is 13.0 Å². The van der Waals surface area contributed by atoms with Crippen molar-refractivity contribution in [2.24, 2.45) is 4.99 Å². The van der Waals surface area contributed by atoms with Crippen LogP contribution in [0.5, 0.6) is 0 Å². The zero-order valence-electron chi connectivity index (χ0n) is 9.95. The molecule has 0 unspecified atom stereocenters. The zero-order valence-corrected chi connectivity index (χ0v) is 9.95. The summed E-state index contributed by atoms with van der Waals surface area (Å²) in [6.07, 6.45) is 1.52. The standard InChI is InChI=1S/C13H19NO/c1-5-15-10-14-12-9-7-6-8-11(12)13(2,3)4/h6-10H,5H2,1-4H3/b14-10+. The Labute approximate surface area is 92.0 Å². The van der Waals surface area contributed by atoms with Crippen molar-refractivity contribution in [2.75, 3.05) is 6.61 Å². The van der Waals surface area contributed by atoms with Gasteiger partial charge in [-0.1, -0.05) is 39.0 Å². The van der Waals surface area contributed by atoms with Crippen LogP contribution in [0.2, 0.25) is 0 Å². The second kappa shape index (κ2) is 4.96. The van der Waals surface area contributed by atoms with Crippen molar-refractivity contribution in [1.82, 2.24) is 0 Å². The largest absolute Gasteiger partial charge is 0.483 e. The number of rotatable bonds is 3. The fourth-order valence-corrected chi connectivity index (χ4v) is 1.39. The maximum absolute atomic E-state index is 5.11. The Morgan fingerprint density at radius 1 is 1.27 bits per heavy atom. The van der Waals surface area contributed by atoms with Gasteiger partial charge in [0.25, 0.3) is 0 Å². The van der Waals surface area contributed by atoms with Gasteiger partial charge in [0, 0.05) is 0 Å². The second-order valence-electron chi connectivity index (χ2n) is 4.46. The minimum atomic E-state index is 0.111. The Morgan fingerprint density at radius 2 is 1.93 bits per heavy atom.